The van der Waals surface area contributed by atoms with E-state index in [0.717, 1.165) is 6.54 Å². The Morgan fingerprint density at radius 3 is 2.40 bits per heavy atom. The maximum atomic E-state index is 11.8. The molecule has 0 aromatic carbocycles. The molecular formula is C12H24N2O. The number of hydrogen-bond acceptors (Lipinski definition) is 2. The molecule has 0 unspecified atom stereocenters. The Labute approximate surface area is 93.0 Å². The van der Waals surface area contributed by atoms with E-state index < -0.39 is 0 Å². The van der Waals surface area contributed by atoms with Crippen LogP contribution in [0.1, 0.15) is 39.5 Å². The number of nitrogens with zero attached hydrogens (tertiary/aromatic N) is 1. The zero-order chi connectivity index (χ0) is 11.5. The third-order valence-electron chi connectivity index (χ3n) is 3.43. The molecule has 0 aromatic heterocycles. The van der Waals surface area contributed by atoms with E-state index >= 15 is 0 Å². The van der Waals surface area contributed by atoms with Crippen molar-refractivity contribution in [1.29, 1.82) is 0 Å². The van der Waals surface area contributed by atoms with E-state index in [1.165, 1.54) is 19.3 Å². The van der Waals surface area contributed by atoms with Gasteiger partial charge in [0, 0.05) is 25.4 Å². The van der Waals surface area contributed by atoms with Crippen LogP contribution in [-0.4, -0.2) is 30.9 Å². The molecule has 0 heterocycles. The van der Waals surface area contributed by atoms with Crippen LogP contribution in [0.5, 0.6) is 0 Å². The number of rotatable bonds is 5. The molecule has 0 aliphatic heterocycles. The molecule has 3 nitrogen and oxygen atoms in total. The zero-order valence-electron chi connectivity index (χ0n) is 10.3. The van der Waals surface area contributed by atoms with Gasteiger partial charge in [-0.3, -0.25) is 4.79 Å². The molecule has 2 N–H and O–H groups in total. The van der Waals surface area contributed by atoms with Gasteiger partial charge in [0.15, 0.2) is 0 Å². The van der Waals surface area contributed by atoms with Crippen LogP contribution < -0.4 is 5.73 Å². The number of nitrogens with two attached hydrogens (primary N) is 1. The summed E-state index contributed by atoms with van der Waals surface area (Å²) in [5, 5.41) is 0. The van der Waals surface area contributed by atoms with Crippen molar-refractivity contribution in [3.05, 3.63) is 0 Å². The lowest BCUT2D eigenvalue weighted by Gasteiger charge is -2.43. The van der Waals surface area contributed by atoms with Gasteiger partial charge in [0.1, 0.15) is 0 Å². The number of carbonyl (C=O) groups excluding carboxylic acids is 1. The normalized spacial score (nSPS) is 18.7. The number of hydrogen-bond donors (Lipinski definition) is 1. The Kier molecular flexibility index (Phi) is 4.14. The van der Waals surface area contributed by atoms with Crippen molar-refractivity contribution in [2.45, 2.75) is 39.5 Å². The molecular weight excluding hydrogens is 188 g/mol. The summed E-state index contributed by atoms with van der Waals surface area (Å²) in [7, 11) is 1.90. The summed E-state index contributed by atoms with van der Waals surface area (Å²) in [6, 6.07) is 0. The van der Waals surface area contributed by atoms with Crippen LogP contribution in [0.4, 0.5) is 0 Å². The molecule has 0 atom stereocenters. The molecule has 0 radical (unpaired) electrons. The van der Waals surface area contributed by atoms with E-state index in [2.05, 4.69) is 13.8 Å². The fourth-order valence-corrected chi connectivity index (χ4v) is 2.20. The summed E-state index contributed by atoms with van der Waals surface area (Å²) in [6.07, 6.45) is 4.28. The molecule has 1 fully saturated rings. The smallest absolute Gasteiger partial charge is 0.222 e. The van der Waals surface area contributed by atoms with Gasteiger partial charge in [0.25, 0.3) is 0 Å². The minimum absolute atomic E-state index is 0.237. The first-order valence-corrected chi connectivity index (χ1v) is 5.93. The van der Waals surface area contributed by atoms with E-state index in [4.69, 9.17) is 5.73 Å². The predicted molar refractivity (Wildman–Crippen MR) is 62.4 cm³/mol. The average Bonchev–Trinajstić information content (AvgIpc) is 2.09. The highest BCUT2D eigenvalue weighted by Gasteiger charge is 2.37. The van der Waals surface area contributed by atoms with Crippen molar-refractivity contribution < 1.29 is 4.79 Å². The highest BCUT2D eigenvalue weighted by Crippen LogP contribution is 2.40. The fraction of sp³-hybridized carbons (Fsp3) is 0.917. The van der Waals surface area contributed by atoms with Gasteiger partial charge >= 0.3 is 0 Å². The Morgan fingerprint density at radius 2 is 2.07 bits per heavy atom. The lowest BCUT2D eigenvalue weighted by atomic mass is 9.68. The van der Waals surface area contributed by atoms with Crippen LogP contribution >= 0.6 is 0 Å². The van der Waals surface area contributed by atoms with Crippen molar-refractivity contribution in [2.24, 2.45) is 17.1 Å². The first-order chi connectivity index (χ1) is 6.99. The van der Waals surface area contributed by atoms with Gasteiger partial charge in [-0.15, -0.1) is 0 Å². The lowest BCUT2D eigenvalue weighted by Crippen LogP contribution is -2.47. The quantitative estimate of drug-likeness (QED) is 0.752. The molecule has 88 valence electrons. The highest BCUT2D eigenvalue weighted by molar-refractivity contribution is 5.76. The minimum atomic E-state index is 0.237. The van der Waals surface area contributed by atoms with Gasteiger partial charge in [-0.1, -0.05) is 20.3 Å². The van der Waals surface area contributed by atoms with E-state index in [1.807, 2.05) is 11.9 Å². The average molecular weight is 212 g/mol. The van der Waals surface area contributed by atoms with Gasteiger partial charge in [-0.25, -0.2) is 0 Å². The predicted octanol–water partition coefficient (Wildman–Crippen LogP) is 1.62. The van der Waals surface area contributed by atoms with Crippen LogP contribution in [-0.2, 0) is 4.79 Å². The van der Waals surface area contributed by atoms with E-state index in [-0.39, 0.29) is 11.3 Å². The molecule has 0 bridgehead atoms. The van der Waals surface area contributed by atoms with Gasteiger partial charge in [-0.2, -0.15) is 0 Å². The second kappa shape index (κ2) is 4.97. The first-order valence-electron chi connectivity index (χ1n) is 5.93. The molecule has 15 heavy (non-hydrogen) atoms. The standard InChI is InChI=1S/C12H24N2O/c1-10(2)7-11(15)14(3)9-12(8-13)5-4-6-12/h10H,4-9,13H2,1-3H3. The van der Waals surface area contributed by atoms with Crippen LogP contribution in [0.3, 0.4) is 0 Å². The second-order valence-electron chi connectivity index (χ2n) is 5.41. The molecule has 0 spiro atoms. The van der Waals surface area contributed by atoms with Gasteiger partial charge in [0.05, 0.1) is 0 Å². The molecule has 1 rings (SSSR count). The number of carbonyl (C=O) groups is 1. The first kappa shape index (κ1) is 12.5. The summed E-state index contributed by atoms with van der Waals surface area (Å²) < 4.78 is 0. The molecule has 1 aliphatic carbocycles. The van der Waals surface area contributed by atoms with Crippen molar-refractivity contribution in [1.82, 2.24) is 4.90 Å². The lowest BCUT2D eigenvalue weighted by molar-refractivity contribution is -0.132. The molecule has 0 aromatic rings. The Balaban J connectivity index is 2.40. The summed E-state index contributed by atoms with van der Waals surface area (Å²) in [5.41, 5.74) is 6.02. The Bertz CT molecular complexity index is 216. The van der Waals surface area contributed by atoms with E-state index in [9.17, 15) is 4.79 Å². The minimum Gasteiger partial charge on any atom is -0.345 e. The Hall–Kier alpha value is -0.570. The van der Waals surface area contributed by atoms with Gasteiger partial charge in [-0.05, 0) is 25.3 Å². The Morgan fingerprint density at radius 1 is 1.47 bits per heavy atom. The van der Waals surface area contributed by atoms with Gasteiger partial charge in [0.2, 0.25) is 5.91 Å². The van der Waals surface area contributed by atoms with Crippen LogP contribution in [0, 0.1) is 11.3 Å². The van der Waals surface area contributed by atoms with Crippen molar-refractivity contribution in [2.75, 3.05) is 20.1 Å². The summed E-state index contributed by atoms with van der Waals surface area (Å²) in [4.78, 5) is 13.6. The van der Waals surface area contributed by atoms with Gasteiger partial charge < -0.3 is 10.6 Å². The summed E-state index contributed by atoms with van der Waals surface area (Å²) >= 11 is 0. The third-order valence-corrected chi connectivity index (χ3v) is 3.43. The van der Waals surface area contributed by atoms with Crippen molar-refractivity contribution >= 4 is 5.91 Å². The highest BCUT2D eigenvalue weighted by atomic mass is 16.2. The summed E-state index contributed by atoms with van der Waals surface area (Å²) in [5.74, 6) is 0.694. The van der Waals surface area contributed by atoms with Crippen LogP contribution in [0.25, 0.3) is 0 Å². The molecule has 0 saturated heterocycles. The van der Waals surface area contributed by atoms with E-state index in [1.54, 1.807) is 0 Å². The fourth-order valence-electron chi connectivity index (χ4n) is 2.20. The third kappa shape index (κ3) is 3.20. The van der Waals surface area contributed by atoms with Crippen LogP contribution in [0.2, 0.25) is 0 Å². The maximum absolute atomic E-state index is 11.8. The number of amides is 1. The van der Waals surface area contributed by atoms with Crippen molar-refractivity contribution in [3.8, 4) is 0 Å². The molecule has 1 aliphatic rings. The van der Waals surface area contributed by atoms with Crippen LogP contribution in [0.15, 0.2) is 0 Å². The summed E-state index contributed by atoms with van der Waals surface area (Å²) in [6.45, 7) is 5.71. The molecule has 3 heteroatoms. The van der Waals surface area contributed by atoms with E-state index in [0.29, 0.717) is 18.9 Å². The molecule has 1 amide bonds. The monoisotopic (exact) mass is 212 g/mol. The SMILES string of the molecule is CC(C)CC(=O)N(C)CC1(CN)CCC1. The maximum Gasteiger partial charge on any atom is 0.222 e. The largest absolute Gasteiger partial charge is 0.345 e. The van der Waals surface area contributed by atoms with Crippen molar-refractivity contribution in [3.63, 3.8) is 0 Å². The zero-order valence-corrected chi connectivity index (χ0v) is 10.3. The second-order valence-corrected chi connectivity index (χ2v) is 5.41. The molecule has 1 saturated carbocycles. The topological polar surface area (TPSA) is 46.3 Å².